The van der Waals surface area contributed by atoms with E-state index in [0.29, 0.717) is 5.69 Å². The Hall–Kier alpha value is -2.20. The van der Waals surface area contributed by atoms with Gasteiger partial charge in [-0.3, -0.25) is 9.69 Å². The van der Waals surface area contributed by atoms with Crippen LogP contribution in [-0.4, -0.2) is 68.5 Å². The fourth-order valence-electron chi connectivity index (χ4n) is 3.65. The van der Waals surface area contributed by atoms with Crippen molar-refractivity contribution in [2.75, 3.05) is 45.1 Å². The average Bonchev–Trinajstić information content (AvgIpc) is 3.15. The van der Waals surface area contributed by atoms with Crippen LogP contribution in [-0.2, 0) is 21.9 Å². The number of benzene rings is 1. The second kappa shape index (κ2) is 9.95. The third-order valence-corrected chi connectivity index (χ3v) is 7.17. The number of nitrogens with zero attached hydrogens (tertiary/aromatic N) is 3. The molecule has 31 heavy (non-hydrogen) atoms. The molecule has 0 radical (unpaired) electrons. The number of piperazine rings is 1. The number of carbonyl (C=O) groups is 1. The number of anilines is 1. The highest BCUT2D eigenvalue weighted by Gasteiger charge is 2.27. The average molecular weight is 448 g/mol. The first-order valence-corrected chi connectivity index (χ1v) is 12.1. The minimum atomic E-state index is -3.68. The molecule has 1 unspecified atom stereocenters. The predicted molar refractivity (Wildman–Crippen MR) is 122 cm³/mol. The molecule has 1 aliphatic heterocycles. The number of rotatable bonds is 8. The summed E-state index contributed by atoms with van der Waals surface area (Å²) < 4.78 is 30.7. The molecule has 0 spiro atoms. The molecule has 2 heterocycles. The van der Waals surface area contributed by atoms with Gasteiger partial charge in [-0.1, -0.05) is 13.8 Å². The van der Waals surface area contributed by atoms with Gasteiger partial charge in [0, 0.05) is 63.3 Å². The molecule has 1 atom stereocenters. The Morgan fingerprint density at radius 3 is 2.23 bits per heavy atom. The normalized spacial score (nSPS) is 17.1. The number of hydrogen-bond acceptors (Lipinski definition) is 5. The van der Waals surface area contributed by atoms with Gasteiger partial charge < -0.3 is 14.8 Å². The van der Waals surface area contributed by atoms with E-state index in [-0.39, 0.29) is 29.3 Å². The predicted octanol–water partition coefficient (Wildman–Crippen LogP) is 1.89. The minimum absolute atomic E-state index is 0.0481. The van der Waals surface area contributed by atoms with Crippen molar-refractivity contribution in [1.29, 1.82) is 0 Å². The molecule has 8 nitrogen and oxygen atoms in total. The zero-order valence-electron chi connectivity index (χ0n) is 18.7. The highest BCUT2D eigenvalue weighted by atomic mass is 32.2. The molecule has 1 aromatic heterocycles. The highest BCUT2D eigenvalue weighted by molar-refractivity contribution is 7.89. The fourth-order valence-corrected chi connectivity index (χ4v) is 4.69. The van der Waals surface area contributed by atoms with Crippen molar-refractivity contribution in [3.63, 3.8) is 0 Å². The second-order valence-corrected chi connectivity index (χ2v) is 10.2. The van der Waals surface area contributed by atoms with E-state index < -0.39 is 10.0 Å². The van der Waals surface area contributed by atoms with Crippen molar-refractivity contribution < 1.29 is 13.2 Å². The first-order valence-electron chi connectivity index (χ1n) is 10.6. The smallest absolute Gasteiger partial charge is 0.240 e. The maximum Gasteiger partial charge on any atom is 0.240 e. The molecule has 170 valence electrons. The minimum Gasteiger partial charge on any atom is -0.353 e. The van der Waals surface area contributed by atoms with Crippen LogP contribution in [0.2, 0.25) is 0 Å². The lowest BCUT2D eigenvalue weighted by atomic mass is 10.1. The number of carbonyl (C=O) groups excluding carboxylic acids is 1. The zero-order valence-corrected chi connectivity index (χ0v) is 19.5. The summed E-state index contributed by atoms with van der Waals surface area (Å²) in [5, 5.41) is 2.77. The molecule has 1 aliphatic rings. The molecule has 2 aromatic rings. The van der Waals surface area contributed by atoms with E-state index in [1.165, 1.54) is 12.1 Å². The van der Waals surface area contributed by atoms with Crippen LogP contribution >= 0.6 is 0 Å². The van der Waals surface area contributed by atoms with Crippen molar-refractivity contribution >= 4 is 21.6 Å². The Morgan fingerprint density at radius 1 is 1.03 bits per heavy atom. The topological polar surface area (TPSA) is 86.7 Å². The Morgan fingerprint density at radius 2 is 1.68 bits per heavy atom. The molecule has 1 amide bonds. The maximum absolute atomic E-state index is 12.9. The summed E-state index contributed by atoms with van der Waals surface area (Å²) in [7, 11) is 0.406. The molecule has 0 bridgehead atoms. The summed E-state index contributed by atoms with van der Waals surface area (Å²) in [6, 6.07) is 10.2. The van der Waals surface area contributed by atoms with Crippen LogP contribution in [0.25, 0.3) is 0 Å². The van der Waals surface area contributed by atoms with Gasteiger partial charge in [-0.25, -0.2) is 13.1 Å². The van der Waals surface area contributed by atoms with Crippen molar-refractivity contribution in [1.82, 2.24) is 19.1 Å². The summed E-state index contributed by atoms with van der Waals surface area (Å²) in [5.41, 5.74) is 1.66. The molecule has 2 N–H and O–H groups in total. The van der Waals surface area contributed by atoms with Gasteiger partial charge in [-0.2, -0.15) is 0 Å². The van der Waals surface area contributed by atoms with Crippen LogP contribution < -0.4 is 10.0 Å². The second-order valence-electron chi connectivity index (χ2n) is 8.42. The van der Waals surface area contributed by atoms with Crippen LogP contribution in [0.3, 0.4) is 0 Å². The summed E-state index contributed by atoms with van der Waals surface area (Å²) in [4.78, 5) is 16.6. The van der Waals surface area contributed by atoms with Crippen LogP contribution in [0.4, 0.5) is 5.69 Å². The third kappa shape index (κ3) is 5.94. The van der Waals surface area contributed by atoms with E-state index in [1.54, 1.807) is 12.1 Å². The monoisotopic (exact) mass is 447 g/mol. The number of hydrogen-bond donors (Lipinski definition) is 2. The van der Waals surface area contributed by atoms with Crippen molar-refractivity contribution in [2.45, 2.75) is 24.8 Å². The number of amides is 1. The van der Waals surface area contributed by atoms with E-state index in [4.69, 9.17) is 0 Å². The van der Waals surface area contributed by atoms with Gasteiger partial charge in [0.05, 0.1) is 10.9 Å². The van der Waals surface area contributed by atoms with Gasteiger partial charge in [0.15, 0.2) is 0 Å². The summed E-state index contributed by atoms with van der Waals surface area (Å²) in [5.74, 6) is -0.250. The van der Waals surface area contributed by atoms with E-state index in [0.717, 1.165) is 31.9 Å². The lowest BCUT2D eigenvalue weighted by Gasteiger charge is -2.38. The van der Waals surface area contributed by atoms with E-state index in [2.05, 4.69) is 26.9 Å². The quantitative estimate of drug-likeness (QED) is 0.645. The van der Waals surface area contributed by atoms with Crippen LogP contribution in [0.15, 0.2) is 47.5 Å². The maximum atomic E-state index is 12.9. The number of sulfonamides is 1. The van der Waals surface area contributed by atoms with Crippen molar-refractivity contribution in [3.05, 3.63) is 48.3 Å². The van der Waals surface area contributed by atoms with Gasteiger partial charge >= 0.3 is 0 Å². The van der Waals surface area contributed by atoms with E-state index in [1.807, 2.05) is 43.8 Å². The summed E-state index contributed by atoms with van der Waals surface area (Å²) in [6.07, 6.45) is 1.98. The Labute approximate surface area is 185 Å². The molecule has 1 aromatic carbocycles. The molecule has 0 saturated carbocycles. The van der Waals surface area contributed by atoms with Crippen molar-refractivity contribution in [3.8, 4) is 0 Å². The van der Waals surface area contributed by atoms with Crippen LogP contribution in [0.5, 0.6) is 0 Å². The zero-order chi connectivity index (χ0) is 22.6. The first kappa shape index (κ1) is 23.5. The first-order chi connectivity index (χ1) is 14.7. The van der Waals surface area contributed by atoms with E-state index >= 15 is 0 Å². The Balaban J connectivity index is 1.71. The van der Waals surface area contributed by atoms with Crippen LogP contribution in [0, 0.1) is 5.92 Å². The van der Waals surface area contributed by atoms with Crippen LogP contribution in [0.1, 0.15) is 25.6 Å². The lowest BCUT2D eigenvalue weighted by Crippen LogP contribution is -2.48. The lowest BCUT2D eigenvalue weighted by molar-refractivity contribution is -0.118. The molecule has 1 saturated heterocycles. The Bertz CT molecular complexity index is 977. The SMILES string of the molecule is CC(C)C(=O)Nc1ccc(S(=O)(=O)NCC(c2cccn2C)N2CCN(C)CC2)cc1. The molecule has 9 heteroatoms. The summed E-state index contributed by atoms with van der Waals surface area (Å²) in [6.45, 7) is 7.59. The summed E-state index contributed by atoms with van der Waals surface area (Å²) >= 11 is 0. The molecule has 1 fully saturated rings. The Kier molecular flexibility index (Phi) is 7.53. The molecular formula is C22H33N5O3S. The molecule has 0 aliphatic carbocycles. The van der Waals surface area contributed by atoms with Crippen molar-refractivity contribution in [2.24, 2.45) is 13.0 Å². The van der Waals surface area contributed by atoms with Gasteiger partial charge in [0.1, 0.15) is 0 Å². The van der Waals surface area contributed by atoms with Gasteiger partial charge in [0.25, 0.3) is 0 Å². The largest absolute Gasteiger partial charge is 0.353 e. The van der Waals surface area contributed by atoms with Gasteiger partial charge in [-0.15, -0.1) is 0 Å². The van der Waals surface area contributed by atoms with Gasteiger partial charge in [0.2, 0.25) is 15.9 Å². The molecular weight excluding hydrogens is 414 g/mol. The number of likely N-dealkylation sites (N-methyl/N-ethyl adjacent to an activating group) is 1. The number of aryl methyl sites for hydroxylation is 1. The standard InChI is InChI=1S/C22H33N5O3S/c1-17(2)22(28)24-18-7-9-19(10-8-18)31(29,30)23-16-21(20-6-5-11-26(20)4)27-14-12-25(3)13-15-27/h5-11,17,21,23H,12-16H2,1-4H3,(H,24,28). The number of aromatic nitrogens is 1. The molecule has 3 rings (SSSR count). The van der Waals surface area contributed by atoms with E-state index in [9.17, 15) is 13.2 Å². The third-order valence-electron chi connectivity index (χ3n) is 5.73. The highest BCUT2D eigenvalue weighted by Crippen LogP contribution is 2.23. The fraction of sp³-hybridized carbons (Fsp3) is 0.500. The van der Waals surface area contributed by atoms with Gasteiger partial charge in [-0.05, 0) is 43.4 Å². The number of nitrogens with one attached hydrogen (secondary N) is 2.